The van der Waals surface area contributed by atoms with E-state index in [0.717, 1.165) is 48.1 Å². The molecule has 1 aliphatic heterocycles. The van der Waals surface area contributed by atoms with Crippen LogP contribution in [-0.4, -0.2) is 58.5 Å². The fourth-order valence-corrected chi connectivity index (χ4v) is 3.90. The lowest BCUT2D eigenvalue weighted by atomic mass is 10.0. The number of piperidine rings is 1. The molecule has 0 amide bonds. The van der Waals surface area contributed by atoms with Gasteiger partial charge in [-0.25, -0.2) is 0 Å². The second-order valence-electron chi connectivity index (χ2n) is 7.43. The van der Waals surface area contributed by atoms with Crippen LogP contribution >= 0.6 is 0 Å². The van der Waals surface area contributed by atoms with Gasteiger partial charge in [0.2, 0.25) is 0 Å². The lowest BCUT2D eigenvalue weighted by molar-refractivity contribution is 0.261. The lowest BCUT2D eigenvalue weighted by Gasteiger charge is -2.30. The van der Waals surface area contributed by atoms with E-state index >= 15 is 0 Å². The van der Waals surface area contributed by atoms with Crippen LogP contribution in [0.3, 0.4) is 0 Å². The van der Waals surface area contributed by atoms with E-state index in [2.05, 4.69) is 32.4 Å². The van der Waals surface area contributed by atoms with Gasteiger partial charge in [-0.1, -0.05) is 0 Å². The Morgan fingerprint density at radius 2 is 2.11 bits per heavy atom. The number of nitrogens with zero attached hydrogens (tertiary/aromatic N) is 4. The van der Waals surface area contributed by atoms with Crippen LogP contribution in [0.4, 0.5) is 5.82 Å². The van der Waals surface area contributed by atoms with Gasteiger partial charge >= 0.3 is 0 Å². The molecule has 7 heteroatoms. The van der Waals surface area contributed by atoms with Gasteiger partial charge in [-0.15, -0.1) is 10.2 Å². The van der Waals surface area contributed by atoms with Gasteiger partial charge in [0.1, 0.15) is 17.2 Å². The zero-order chi connectivity index (χ0) is 19.7. The number of hydrogen-bond donors (Lipinski definition) is 2. The van der Waals surface area contributed by atoms with Crippen LogP contribution in [0.2, 0.25) is 0 Å². The summed E-state index contributed by atoms with van der Waals surface area (Å²) in [5.41, 5.74) is 2.04. The van der Waals surface area contributed by atoms with Crippen molar-refractivity contribution in [1.29, 1.82) is 0 Å². The number of likely N-dealkylation sites (N-methyl/N-ethyl adjacent to an activating group) is 1. The van der Waals surface area contributed by atoms with Gasteiger partial charge in [-0.2, -0.15) is 0 Å². The van der Waals surface area contributed by atoms with Gasteiger partial charge in [0.05, 0.1) is 12.7 Å². The van der Waals surface area contributed by atoms with Crippen LogP contribution in [0.25, 0.3) is 22.0 Å². The van der Waals surface area contributed by atoms with Gasteiger partial charge in [-0.3, -0.25) is 4.98 Å². The Labute approximate surface area is 164 Å². The highest BCUT2D eigenvalue weighted by molar-refractivity contribution is 6.01. The third-order valence-corrected chi connectivity index (χ3v) is 5.23. The Morgan fingerprint density at radius 1 is 1.25 bits per heavy atom. The van der Waals surface area contributed by atoms with E-state index in [4.69, 9.17) is 4.74 Å². The Balaban J connectivity index is 1.81. The van der Waals surface area contributed by atoms with E-state index in [1.165, 1.54) is 0 Å². The Bertz CT molecular complexity index is 1010. The number of phenols is 1. The van der Waals surface area contributed by atoms with Crippen molar-refractivity contribution < 1.29 is 9.84 Å². The van der Waals surface area contributed by atoms with Crippen molar-refractivity contribution in [3.8, 4) is 22.8 Å². The zero-order valence-electron chi connectivity index (χ0n) is 16.4. The second kappa shape index (κ2) is 7.59. The summed E-state index contributed by atoms with van der Waals surface area (Å²) in [4.78, 5) is 6.60. The summed E-state index contributed by atoms with van der Waals surface area (Å²) in [6.07, 6.45) is 5.77. The lowest BCUT2D eigenvalue weighted by Crippen LogP contribution is -2.40. The maximum atomic E-state index is 10.6. The van der Waals surface area contributed by atoms with E-state index in [1.54, 1.807) is 25.6 Å². The Kier molecular flexibility index (Phi) is 5.00. The van der Waals surface area contributed by atoms with E-state index in [9.17, 15) is 5.11 Å². The number of fused-ring (bicyclic) bond motifs is 1. The van der Waals surface area contributed by atoms with E-state index < -0.39 is 0 Å². The molecule has 0 radical (unpaired) electrons. The average molecular weight is 379 g/mol. The quantitative estimate of drug-likeness (QED) is 0.720. The number of aromatic nitrogens is 3. The average Bonchev–Trinajstić information content (AvgIpc) is 2.68. The molecule has 28 heavy (non-hydrogen) atoms. The molecule has 0 unspecified atom stereocenters. The first-order valence-corrected chi connectivity index (χ1v) is 9.50. The highest BCUT2D eigenvalue weighted by Crippen LogP contribution is 2.41. The first-order chi connectivity index (χ1) is 13.6. The predicted octanol–water partition coefficient (Wildman–Crippen LogP) is 3.22. The molecule has 4 rings (SSSR count). The van der Waals surface area contributed by atoms with Crippen LogP contribution < -0.4 is 10.1 Å². The molecule has 3 heterocycles. The monoisotopic (exact) mass is 379 g/mol. The molecule has 1 aromatic carbocycles. The van der Waals surface area contributed by atoms with E-state index in [1.807, 2.05) is 19.1 Å². The minimum absolute atomic E-state index is 0.124. The summed E-state index contributed by atoms with van der Waals surface area (Å²) < 4.78 is 5.51. The molecule has 1 atom stereocenters. The maximum Gasteiger partial charge on any atom is 0.158 e. The molecule has 146 valence electrons. The number of nitrogens with one attached hydrogen (secondary N) is 1. The minimum atomic E-state index is 0.124. The van der Waals surface area contributed by atoms with E-state index in [0.29, 0.717) is 23.0 Å². The molecular formula is C21H25N5O2. The third-order valence-electron chi connectivity index (χ3n) is 5.23. The van der Waals surface area contributed by atoms with Crippen LogP contribution in [0.5, 0.6) is 11.5 Å². The highest BCUT2D eigenvalue weighted by atomic mass is 16.5. The summed E-state index contributed by atoms with van der Waals surface area (Å²) in [6, 6.07) is 5.81. The van der Waals surface area contributed by atoms with Gasteiger partial charge in [0, 0.05) is 35.8 Å². The fourth-order valence-electron chi connectivity index (χ4n) is 3.90. The molecule has 1 saturated heterocycles. The standard InChI is InChI=1S/C21H25N5O2/c1-13-9-17(27)19(18(10-13)28-3)20-15-6-7-22-11-16(15)21(25-24-20)23-14-5-4-8-26(2)12-14/h6-7,9-11,14,27H,4-5,8,12H2,1-3H3,(H,23,25)/t14-/m1/s1. The molecule has 1 aliphatic rings. The molecule has 2 aromatic heterocycles. The predicted molar refractivity (Wildman–Crippen MR) is 110 cm³/mol. The number of pyridine rings is 1. The molecule has 0 bridgehead atoms. The number of hydrogen-bond acceptors (Lipinski definition) is 7. The summed E-state index contributed by atoms with van der Waals surface area (Å²) in [5.74, 6) is 1.41. The number of phenolic OH excluding ortho intramolecular Hbond substituents is 1. The SMILES string of the molecule is COc1cc(C)cc(O)c1-c1nnc(N[C@@H]2CCCN(C)C2)c2cnccc12. The molecule has 2 N–H and O–H groups in total. The molecule has 0 saturated carbocycles. The van der Waals surface area contributed by atoms with Gasteiger partial charge in [0.25, 0.3) is 0 Å². The van der Waals surface area contributed by atoms with Crippen molar-refractivity contribution in [3.63, 3.8) is 0 Å². The number of anilines is 1. The number of methoxy groups -OCH3 is 1. The fraction of sp³-hybridized carbons (Fsp3) is 0.381. The molecule has 7 nitrogen and oxygen atoms in total. The van der Waals surface area contributed by atoms with E-state index in [-0.39, 0.29) is 5.75 Å². The van der Waals surface area contributed by atoms with Crippen LogP contribution in [0, 0.1) is 6.92 Å². The molecule has 0 spiro atoms. The maximum absolute atomic E-state index is 10.6. The van der Waals surface area contributed by atoms with Gasteiger partial charge in [-0.05, 0) is 57.1 Å². The number of likely N-dealkylation sites (tertiary alicyclic amines) is 1. The van der Waals surface area contributed by atoms with Gasteiger partial charge < -0.3 is 20.1 Å². The minimum Gasteiger partial charge on any atom is -0.507 e. The first-order valence-electron chi connectivity index (χ1n) is 9.50. The van der Waals surface area contributed by atoms with Crippen molar-refractivity contribution in [2.75, 3.05) is 32.6 Å². The number of rotatable bonds is 4. The second-order valence-corrected chi connectivity index (χ2v) is 7.43. The van der Waals surface area contributed by atoms with Gasteiger partial charge in [0.15, 0.2) is 5.82 Å². The summed E-state index contributed by atoms with van der Waals surface area (Å²) in [5, 5.41) is 24.8. The smallest absolute Gasteiger partial charge is 0.158 e. The van der Waals surface area contributed by atoms with Crippen LogP contribution in [0.15, 0.2) is 30.6 Å². The number of ether oxygens (including phenoxy) is 1. The number of benzene rings is 1. The zero-order valence-corrected chi connectivity index (χ0v) is 16.4. The van der Waals surface area contributed by atoms with Crippen molar-refractivity contribution in [1.82, 2.24) is 20.1 Å². The molecule has 0 aliphatic carbocycles. The topological polar surface area (TPSA) is 83.4 Å². The molecule has 1 fully saturated rings. The van der Waals surface area contributed by atoms with Crippen LogP contribution in [-0.2, 0) is 0 Å². The number of aromatic hydroxyl groups is 1. The van der Waals surface area contributed by atoms with Crippen molar-refractivity contribution in [3.05, 3.63) is 36.2 Å². The van der Waals surface area contributed by atoms with Crippen molar-refractivity contribution >= 4 is 16.6 Å². The summed E-state index contributed by atoms with van der Waals surface area (Å²) in [7, 11) is 3.72. The summed E-state index contributed by atoms with van der Waals surface area (Å²) >= 11 is 0. The normalized spacial score (nSPS) is 17.6. The van der Waals surface area contributed by atoms with Crippen molar-refractivity contribution in [2.45, 2.75) is 25.8 Å². The number of aryl methyl sites for hydroxylation is 1. The largest absolute Gasteiger partial charge is 0.507 e. The third kappa shape index (κ3) is 3.45. The first kappa shape index (κ1) is 18.4. The summed E-state index contributed by atoms with van der Waals surface area (Å²) in [6.45, 7) is 4.00. The van der Waals surface area contributed by atoms with Crippen LogP contribution in [0.1, 0.15) is 18.4 Å². The van der Waals surface area contributed by atoms with Crippen molar-refractivity contribution in [2.24, 2.45) is 0 Å². The molecular weight excluding hydrogens is 354 g/mol. The Hall–Kier alpha value is -2.93. The molecule has 3 aromatic rings. The highest BCUT2D eigenvalue weighted by Gasteiger charge is 2.22. The Morgan fingerprint density at radius 3 is 2.89 bits per heavy atom.